The molecule has 0 saturated heterocycles. The number of nitrogens with zero attached hydrogens (tertiary/aromatic N) is 1. The van der Waals surface area contributed by atoms with Gasteiger partial charge in [-0.25, -0.2) is 0 Å². The van der Waals surface area contributed by atoms with Crippen LogP contribution in [0, 0.1) is 0 Å². The van der Waals surface area contributed by atoms with Crippen molar-refractivity contribution in [3.63, 3.8) is 0 Å². The van der Waals surface area contributed by atoms with Gasteiger partial charge in [-0.05, 0) is 6.92 Å². The Labute approximate surface area is 131 Å². The van der Waals surface area contributed by atoms with E-state index in [0.717, 1.165) is 11.1 Å². The van der Waals surface area contributed by atoms with E-state index in [9.17, 15) is 9.59 Å². The molecule has 0 amide bonds. The van der Waals surface area contributed by atoms with Gasteiger partial charge in [-0.1, -0.05) is 60.7 Å². The minimum Gasteiger partial charge on any atom is -0.383 e. The number of hydrogen-bond donors (Lipinski definition) is 0. The summed E-state index contributed by atoms with van der Waals surface area (Å²) in [6.45, 7) is 1.56. The highest BCUT2D eigenvalue weighted by Gasteiger charge is 1.98. The standard InChI is InChI=1S/C11H13NO.C8H8O/c1-12(2)9-8-11(13)10-6-4-3-5-7-10;1-7(9)8-5-3-2-4-6-8/h3-9H,1-2H3;2-6H,1H3. The van der Waals surface area contributed by atoms with Gasteiger partial charge in [0.1, 0.15) is 0 Å². The van der Waals surface area contributed by atoms with Crippen LogP contribution >= 0.6 is 0 Å². The van der Waals surface area contributed by atoms with Gasteiger partial charge in [0.15, 0.2) is 11.6 Å². The Hall–Kier alpha value is -2.68. The van der Waals surface area contributed by atoms with Gasteiger partial charge in [0.2, 0.25) is 0 Å². The highest BCUT2D eigenvalue weighted by molar-refractivity contribution is 6.04. The molecule has 0 saturated carbocycles. The summed E-state index contributed by atoms with van der Waals surface area (Å²) < 4.78 is 0. The van der Waals surface area contributed by atoms with Crippen LogP contribution < -0.4 is 0 Å². The van der Waals surface area contributed by atoms with Crippen molar-refractivity contribution in [3.05, 3.63) is 84.1 Å². The zero-order chi connectivity index (χ0) is 16.4. The van der Waals surface area contributed by atoms with Crippen LogP contribution in [0.4, 0.5) is 0 Å². The van der Waals surface area contributed by atoms with E-state index in [1.165, 1.54) is 0 Å². The molecule has 0 fully saturated rings. The summed E-state index contributed by atoms with van der Waals surface area (Å²) in [5.41, 5.74) is 1.50. The molecular formula is C19H21NO2. The average Bonchev–Trinajstić information content (AvgIpc) is 2.55. The highest BCUT2D eigenvalue weighted by atomic mass is 16.1. The van der Waals surface area contributed by atoms with Crippen LogP contribution in [0.3, 0.4) is 0 Å². The Bertz CT molecular complexity index is 616. The minimum absolute atomic E-state index is 0.0364. The first-order valence-electron chi connectivity index (χ1n) is 7.00. The summed E-state index contributed by atoms with van der Waals surface area (Å²) in [6.07, 6.45) is 3.31. The smallest absolute Gasteiger partial charge is 0.187 e. The SMILES string of the molecule is CC(=O)c1ccccc1.CN(C)C=CC(=O)c1ccccc1. The molecule has 0 aliphatic heterocycles. The molecule has 2 aromatic rings. The number of carbonyl (C=O) groups is 2. The molecule has 0 heterocycles. The van der Waals surface area contributed by atoms with Gasteiger partial charge in [0, 0.05) is 37.5 Å². The molecule has 2 aromatic carbocycles. The lowest BCUT2D eigenvalue weighted by Gasteiger charge is -2.02. The van der Waals surface area contributed by atoms with Crippen LogP contribution in [0.5, 0.6) is 0 Å². The van der Waals surface area contributed by atoms with Crippen LogP contribution in [-0.4, -0.2) is 30.6 Å². The van der Waals surface area contributed by atoms with Crippen LogP contribution in [0.1, 0.15) is 27.6 Å². The van der Waals surface area contributed by atoms with E-state index in [1.807, 2.05) is 79.7 Å². The van der Waals surface area contributed by atoms with E-state index < -0.39 is 0 Å². The molecule has 0 aliphatic rings. The molecule has 0 radical (unpaired) electrons. The number of allylic oxidation sites excluding steroid dienone is 1. The Morgan fingerprint density at radius 1 is 0.818 bits per heavy atom. The Morgan fingerprint density at radius 2 is 1.27 bits per heavy atom. The molecule has 0 unspecified atom stereocenters. The maximum Gasteiger partial charge on any atom is 0.187 e. The zero-order valence-electron chi connectivity index (χ0n) is 13.2. The molecule has 3 nitrogen and oxygen atoms in total. The number of benzene rings is 2. The summed E-state index contributed by atoms with van der Waals surface area (Å²) in [7, 11) is 3.77. The van der Waals surface area contributed by atoms with Gasteiger partial charge >= 0.3 is 0 Å². The molecule has 0 aliphatic carbocycles. The molecule has 0 spiro atoms. The van der Waals surface area contributed by atoms with Crippen molar-refractivity contribution in [2.45, 2.75) is 6.92 Å². The molecule has 2 rings (SSSR count). The number of rotatable bonds is 4. The van der Waals surface area contributed by atoms with Crippen molar-refractivity contribution in [1.82, 2.24) is 4.90 Å². The summed E-state index contributed by atoms with van der Waals surface area (Å²) >= 11 is 0. The predicted octanol–water partition coefficient (Wildman–Crippen LogP) is 3.83. The van der Waals surface area contributed by atoms with Crippen LogP contribution in [0.15, 0.2) is 72.9 Å². The van der Waals surface area contributed by atoms with E-state index >= 15 is 0 Å². The molecule has 0 N–H and O–H groups in total. The number of ketones is 2. The monoisotopic (exact) mass is 295 g/mol. The first kappa shape index (κ1) is 17.4. The Balaban J connectivity index is 0.000000235. The molecule has 0 bridgehead atoms. The van der Waals surface area contributed by atoms with E-state index in [1.54, 1.807) is 19.2 Å². The number of carbonyl (C=O) groups excluding carboxylic acids is 2. The van der Waals surface area contributed by atoms with E-state index in [4.69, 9.17) is 0 Å². The van der Waals surface area contributed by atoms with Crippen LogP contribution in [0.25, 0.3) is 0 Å². The fourth-order valence-electron chi connectivity index (χ4n) is 1.59. The maximum absolute atomic E-state index is 11.4. The summed E-state index contributed by atoms with van der Waals surface area (Å²) in [5.74, 6) is 0.157. The second kappa shape index (κ2) is 9.29. The fraction of sp³-hybridized carbons (Fsp3) is 0.158. The van der Waals surface area contributed by atoms with Gasteiger partial charge in [-0.3, -0.25) is 9.59 Å². The predicted molar refractivity (Wildman–Crippen MR) is 90.0 cm³/mol. The first-order valence-corrected chi connectivity index (χ1v) is 7.00. The summed E-state index contributed by atoms with van der Waals surface area (Å²) in [6, 6.07) is 18.5. The van der Waals surface area contributed by atoms with Crippen molar-refractivity contribution in [2.75, 3.05) is 14.1 Å². The quantitative estimate of drug-likeness (QED) is 0.635. The third-order valence-electron chi connectivity index (χ3n) is 2.76. The zero-order valence-corrected chi connectivity index (χ0v) is 13.2. The van der Waals surface area contributed by atoms with Crippen molar-refractivity contribution in [3.8, 4) is 0 Å². The molecule has 3 heteroatoms. The Morgan fingerprint density at radius 3 is 1.64 bits per heavy atom. The van der Waals surface area contributed by atoms with Gasteiger partial charge in [-0.2, -0.15) is 0 Å². The second-order valence-electron chi connectivity index (χ2n) is 4.93. The van der Waals surface area contributed by atoms with Gasteiger partial charge in [0.05, 0.1) is 0 Å². The molecule has 0 aromatic heterocycles. The topological polar surface area (TPSA) is 37.4 Å². The molecule has 114 valence electrons. The first-order chi connectivity index (χ1) is 10.5. The van der Waals surface area contributed by atoms with Crippen molar-refractivity contribution >= 4 is 11.6 Å². The molecule has 22 heavy (non-hydrogen) atoms. The van der Waals surface area contributed by atoms with E-state index in [2.05, 4.69) is 0 Å². The van der Waals surface area contributed by atoms with Crippen molar-refractivity contribution < 1.29 is 9.59 Å². The Kier molecular flexibility index (Phi) is 7.34. The fourth-order valence-corrected chi connectivity index (χ4v) is 1.59. The number of Topliss-reactive ketones (excluding diaryl/α,β-unsaturated/α-hetero) is 1. The van der Waals surface area contributed by atoms with Gasteiger partial charge in [-0.15, -0.1) is 0 Å². The summed E-state index contributed by atoms with van der Waals surface area (Å²) in [4.78, 5) is 23.9. The lowest BCUT2D eigenvalue weighted by molar-refractivity contribution is 0.101. The largest absolute Gasteiger partial charge is 0.383 e. The molecule has 0 atom stereocenters. The normalized spacial score (nSPS) is 9.77. The van der Waals surface area contributed by atoms with Crippen molar-refractivity contribution in [2.24, 2.45) is 0 Å². The van der Waals surface area contributed by atoms with Crippen LogP contribution in [0.2, 0.25) is 0 Å². The second-order valence-corrected chi connectivity index (χ2v) is 4.93. The average molecular weight is 295 g/mol. The van der Waals surface area contributed by atoms with Gasteiger partial charge < -0.3 is 4.90 Å². The van der Waals surface area contributed by atoms with Gasteiger partial charge in [0.25, 0.3) is 0 Å². The van der Waals surface area contributed by atoms with E-state index in [0.29, 0.717) is 0 Å². The number of hydrogen-bond acceptors (Lipinski definition) is 3. The van der Waals surface area contributed by atoms with E-state index in [-0.39, 0.29) is 11.6 Å². The maximum atomic E-state index is 11.4. The molecular weight excluding hydrogens is 274 g/mol. The van der Waals surface area contributed by atoms with Crippen molar-refractivity contribution in [1.29, 1.82) is 0 Å². The third kappa shape index (κ3) is 6.66. The van der Waals surface area contributed by atoms with Crippen LogP contribution in [-0.2, 0) is 0 Å². The third-order valence-corrected chi connectivity index (χ3v) is 2.76. The lowest BCUT2D eigenvalue weighted by atomic mass is 10.1. The highest BCUT2D eigenvalue weighted by Crippen LogP contribution is 2.00. The lowest BCUT2D eigenvalue weighted by Crippen LogP contribution is -2.02. The summed E-state index contributed by atoms with van der Waals surface area (Å²) in [5, 5.41) is 0. The minimum atomic E-state index is 0.0364.